The van der Waals surface area contributed by atoms with Gasteiger partial charge < -0.3 is 14.8 Å². The van der Waals surface area contributed by atoms with Crippen LogP contribution in [0.15, 0.2) is 18.2 Å². The van der Waals surface area contributed by atoms with E-state index in [9.17, 15) is 9.59 Å². The van der Waals surface area contributed by atoms with Gasteiger partial charge in [0.05, 0.1) is 20.1 Å². The van der Waals surface area contributed by atoms with Crippen LogP contribution in [0.4, 0.5) is 0 Å². The third-order valence-electron chi connectivity index (χ3n) is 3.95. The van der Waals surface area contributed by atoms with Gasteiger partial charge in [-0.05, 0) is 31.0 Å². The molecular weight excluding hydrogens is 296 g/mol. The van der Waals surface area contributed by atoms with Crippen molar-refractivity contribution in [2.24, 2.45) is 0 Å². The summed E-state index contributed by atoms with van der Waals surface area (Å²) in [6.45, 7) is 5.99. The SMILES string of the molecule is CCOC(=O)C[C@@H]1C(=O)NCCN1Cc1ccc(OC)c(C)c1. The number of esters is 1. The van der Waals surface area contributed by atoms with Gasteiger partial charge in [-0.25, -0.2) is 0 Å². The molecule has 1 fully saturated rings. The number of rotatable bonds is 6. The van der Waals surface area contributed by atoms with Crippen LogP contribution in [0.5, 0.6) is 5.75 Å². The second-order valence-electron chi connectivity index (χ2n) is 5.59. The summed E-state index contributed by atoms with van der Waals surface area (Å²) >= 11 is 0. The van der Waals surface area contributed by atoms with Crippen molar-refractivity contribution in [1.82, 2.24) is 10.2 Å². The number of benzene rings is 1. The number of carbonyl (C=O) groups excluding carboxylic acids is 2. The zero-order valence-corrected chi connectivity index (χ0v) is 13.9. The first-order chi connectivity index (χ1) is 11.0. The monoisotopic (exact) mass is 320 g/mol. The van der Waals surface area contributed by atoms with E-state index in [1.165, 1.54) is 0 Å². The predicted octanol–water partition coefficient (Wildman–Crippen LogP) is 1.26. The Bertz CT molecular complexity index is 574. The van der Waals surface area contributed by atoms with Crippen LogP contribution in [0.25, 0.3) is 0 Å². The van der Waals surface area contributed by atoms with Crippen molar-refractivity contribution in [1.29, 1.82) is 0 Å². The molecule has 6 nitrogen and oxygen atoms in total. The molecule has 6 heteroatoms. The lowest BCUT2D eigenvalue weighted by Gasteiger charge is -2.34. The normalized spacial score (nSPS) is 18.4. The number of carbonyl (C=O) groups is 2. The molecule has 1 amide bonds. The van der Waals surface area contributed by atoms with Crippen LogP contribution in [-0.4, -0.2) is 49.6 Å². The maximum atomic E-state index is 12.1. The van der Waals surface area contributed by atoms with Crippen molar-refractivity contribution in [2.75, 3.05) is 26.8 Å². The molecule has 0 aliphatic carbocycles. The van der Waals surface area contributed by atoms with Gasteiger partial charge in [0.2, 0.25) is 5.91 Å². The highest BCUT2D eigenvalue weighted by Gasteiger charge is 2.32. The van der Waals surface area contributed by atoms with Crippen molar-refractivity contribution in [3.63, 3.8) is 0 Å². The Balaban J connectivity index is 2.10. The van der Waals surface area contributed by atoms with E-state index < -0.39 is 6.04 Å². The molecule has 23 heavy (non-hydrogen) atoms. The molecule has 0 bridgehead atoms. The van der Waals surface area contributed by atoms with Gasteiger partial charge in [0.1, 0.15) is 11.8 Å². The molecule has 1 saturated heterocycles. The van der Waals surface area contributed by atoms with Crippen LogP contribution in [0.2, 0.25) is 0 Å². The largest absolute Gasteiger partial charge is 0.496 e. The number of nitrogens with one attached hydrogen (secondary N) is 1. The fourth-order valence-corrected chi connectivity index (χ4v) is 2.82. The number of hydrogen-bond donors (Lipinski definition) is 1. The van der Waals surface area contributed by atoms with Crippen LogP contribution < -0.4 is 10.1 Å². The van der Waals surface area contributed by atoms with Crippen molar-refractivity contribution < 1.29 is 19.1 Å². The first-order valence-electron chi connectivity index (χ1n) is 7.86. The van der Waals surface area contributed by atoms with Gasteiger partial charge in [-0.15, -0.1) is 0 Å². The number of hydrogen-bond acceptors (Lipinski definition) is 5. The Morgan fingerprint density at radius 3 is 2.87 bits per heavy atom. The minimum atomic E-state index is -0.481. The first-order valence-corrected chi connectivity index (χ1v) is 7.86. The molecule has 0 saturated carbocycles. The topological polar surface area (TPSA) is 67.9 Å². The minimum Gasteiger partial charge on any atom is -0.496 e. The average molecular weight is 320 g/mol. The second-order valence-corrected chi connectivity index (χ2v) is 5.59. The van der Waals surface area contributed by atoms with Crippen LogP contribution in [0.1, 0.15) is 24.5 Å². The van der Waals surface area contributed by atoms with Crippen molar-refractivity contribution in [3.8, 4) is 5.75 Å². The van der Waals surface area contributed by atoms with E-state index in [1.54, 1.807) is 14.0 Å². The van der Waals surface area contributed by atoms with E-state index in [1.807, 2.05) is 30.0 Å². The van der Waals surface area contributed by atoms with Crippen LogP contribution in [-0.2, 0) is 20.9 Å². The predicted molar refractivity (Wildman–Crippen MR) is 86.2 cm³/mol. The zero-order valence-electron chi connectivity index (χ0n) is 13.9. The number of methoxy groups -OCH3 is 1. The molecule has 126 valence electrons. The number of amides is 1. The molecule has 0 unspecified atom stereocenters. The molecule has 0 spiro atoms. The second kappa shape index (κ2) is 7.97. The molecule has 1 aromatic carbocycles. The number of piperazine rings is 1. The fraction of sp³-hybridized carbons (Fsp3) is 0.529. The highest BCUT2D eigenvalue weighted by molar-refractivity contribution is 5.87. The van der Waals surface area contributed by atoms with Crippen molar-refractivity contribution in [3.05, 3.63) is 29.3 Å². The summed E-state index contributed by atoms with van der Waals surface area (Å²) in [5.74, 6) is 0.383. The van der Waals surface area contributed by atoms with Crippen LogP contribution in [0, 0.1) is 6.92 Å². The summed E-state index contributed by atoms with van der Waals surface area (Å²) in [7, 11) is 1.65. The third kappa shape index (κ3) is 4.45. The molecular formula is C17H24N2O4. The fourth-order valence-electron chi connectivity index (χ4n) is 2.82. The lowest BCUT2D eigenvalue weighted by Crippen LogP contribution is -2.55. The van der Waals surface area contributed by atoms with Gasteiger partial charge in [-0.3, -0.25) is 14.5 Å². The van der Waals surface area contributed by atoms with Gasteiger partial charge in [-0.1, -0.05) is 12.1 Å². The van der Waals surface area contributed by atoms with E-state index in [-0.39, 0.29) is 18.3 Å². The number of nitrogens with zero attached hydrogens (tertiary/aromatic N) is 1. The molecule has 0 radical (unpaired) electrons. The van der Waals surface area contributed by atoms with E-state index >= 15 is 0 Å². The highest BCUT2D eigenvalue weighted by atomic mass is 16.5. The molecule has 1 aliphatic heterocycles. The number of aryl methyl sites for hydroxylation is 1. The van der Waals surface area contributed by atoms with Gasteiger partial charge >= 0.3 is 5.97 Å². The van der Waals surface area contributed by atoms with Gasteiger partial charge in [0.25, 0.3) is 0 Å². The first kappa shape index (κ1) is 17.3. The van der Waals surface area contributed by atoms with Gasteiger partial charge in [0.15, 0.2) is 0 Å². The lowest BCUT2D eigenvalue weighted by molar-refractivity contribution is -0.148. The van der Waals surface area contributed by atoms with E-state index in [4.69, 9.17) is 9.47 Å². The summed E-state index contributed by atoms with van der Waals surface area (Å²) < 4.78 is 10.2. The summed E-state index contributed by atoms with van der Waals surface area (Å²) in [6.07, 6.45) is 0.0782. The van der Waals surface area contributed by atoms with E-state index in [0.29, 0.717) is 26.2 Å². The summed E-state index contributed by atoms with van der Waals surface area (Å²) in [6, 6.07) is 5.48. The average Bonchev–Trinajstić information content (AvgIpc) is 2.51. The Hall–Kier alpha value is -2.08. The minimum absolute atomic E-state index is 0.0782. The molecule has 2 rings (SSSR count). The Labute approximate surface area is 136 Å². The van der Waals surface area contributed by atoms with E-state index in [0.717, 1.165) is 16.9 Å². The Kier molecular flexibility index (Phi) is 5.98. The molecule has 1 heterocycles. The number of ether oxygens (including phenoxy) is 2. The molecule has 0 aromatic heterocycles. The van der Waals surface area contributed by atoms with Gasteiger partial charge in [0, 0.05) is 19.6 Å². The molecule has 1 aliphatic rings. The quantitative estimate of drug-likeness (QED) is 0.799. The maximum absolute atomic E-state index is 12.1. The smallest absolute Gasteiger partial charge is 0.307 e. The third-order valence-corrected chi connectivity index (χ3v) is 3.95. The molecule has 1 aromatic rings. The van der Waals surface area contributed by atoms with Crippen molar-refractivity contribution in [2.45, 2.75) is 32.9 Å². The lowest BCUT2D eigenvalue weighted by atomic mass is 10.1. The zero-order chi connectivity index (χ0) is 16.8. The standard InChI is InChI=1S/C17H24N2O4/c1-4-23-16(20)10-14-17(21)18-7-8-19(14)11-13-5-6-15(22-3)12(2)9-13/h5-6,9,14H,4,7-8,10-11H2,1-3H3,(H,18,21)/t14-/m1/s1. The summed E-state index contributed by atoms with van der Waals surface area (Å²) in [4.78, 5) is 25.9. The van der Waals surface area contributed by atoms with Crippen LogP contribution >= 0.6 is 0 Å². The Morgan fingerprint density at radius 1 is 1.43 bits per heavy atom. The van der Waals surface area contributed by atoms with Crippen molar-refractivity contribution >= 4 is 11.9 Å². The Morgan fingerprint density at radius 2 is 2.22 bits per heavy atom. The van der Waals surface area contributed by atoms with Crippen LogP contribution in [0.3, 0.4) is 0 Å². The molecule has 1 N–H and O–H groups in total. The van der Waals surface area contributed by atoms with E-state index in [2.05, 4.69) is 5.32 Å². The summed E-state index contributed by atoms with van der Waals surface area (Å²) in [5.41, 5.74) is 2.14. The van der Waals surface area contributed by atoms with Gasteiger partial charge in [-0.2, -0.15) is 0 Å². The summed E-state index contributed by atoms with van der Waals surface area (Å²) in [5, 5.41) is 2.82. The maximum Gasteiger partial charge on any atom is 0.307 e. The molecule has 1 atom stereocenters. The highest BCUT2D eigenvalue weighted by Crippen LogP contribution is 2.21.